The van der Waals surface area contributed by atoms with Crippen molar-refractivity contribution in [3.05, 3.63) is 115 Å². The van der Waals surface area contributed by atoms with Gasteiger partial charge in [0.05, 0.1) is 22.2 Å². The van der Waals surface area contributed by atoms with E-state index in [1.807, 2.05) is 78.9 Å². The number of hydrogen-bond donors (Lipinski definition) is 6. The van der Waals surface area contributed by atoms with E-state index in [9.17, 15) is 4.79 Å². The van der Waals surface area contributed by atoms with Crippen molar-refractivity contribution < 1.29 is 9.53 Å². The Labute approximate surface area is 279 Å². The van der Waals surface area contributed by atoms with Crippen LogP contribution in [0.2, 0.25) is 0 Å². The lowest BCUT2D eigenvalue weighted by Crippen LogP contribution is -2.15. The van der Waals surface area contributed by atoms with Gasteiger partial charge in [-0.05, 0) is 80.4 Å². The van der Waals surface area contributed by atoms with E-state index >= 15 is 0 Å². The van der Waals surface area contributed by atoms with Gasteiger partial charge in [0.1, 0.15) is 0 Å². The van der Waals surface area contributed by atoms with Gasteiger partial charge in [0, 0.05) is 63.1 Å². The fourth-order valence-electron chi connectivity index (χ4n) is 4.97. The number of carbonyl (C=O) groups is 1. The van der Waals surface area contributed by atoms with Gasteiger partial charge in [-0.3, -0.25) is 0 Å². The molecule has 0 radical (unpaired) electrons. The van der Waals surface area contributed by atoms with Gasteiger partial charge in [-0.15, -0.1) is 11.3 Å². The number of ether oxygens (including phenoxy) is 1. The molecule has 1 aliphatic heterocycles. The third-order valence-electron chi connectivity index (χ3n) is 7.44. The summed E-state index contributed by atoms with van der Waals surface area (Å²) >= 11 is 1.69. The molecule has 1 aliphatic rings. The van der Waals surface area contributed by atoms with Crippen LogP contribution in [-0.2, 0) is 4.74 Å². The van der Waals surface area contributed by atoms with Crippen molar-refractivity contribution in [1.29, 1.82) is 0 Å². The lowest BCUT2D eigenvalue weighted by molar-refractivity contribution is 0.0526. The summed E-state index contributed by atoms with van der Waals surface area (Å²) in [6, 6.07) is 33.8. The van der Waals surface area contributed by atoms with Gasteiger partial charge < -0.3 is 44.0 Å². The van der Waals surface area contributed by atoms with Crippen LogP contribution in [0.3, 0.4) is 0 Å². The van der Waals surface area contributed by atoms with Gasteiger partial charge in [-0.25, -0.2) is 4.79 Å². The zero-order valence-corrected chi connectivity index (χ0v) is 27.4. The van der Waals surface area contributed by atoms with Crippen molar-refractivity contribution in [2.75, 3.05) is 59.0 Å². The summed E-state index contributed by atoms with van der Waals surface area (Å²) < 4.78 is 4.79. The van der Waals surface area contributed by atoms with Gasteiger partial charge in [-0.2, -0.15) is 0 Å². The number of nitrogen functional groups attached to an aromatic ring is 6. The molecule has 1 saturated heterocycles. The highest BCUT2D eigenvalue weighted by molar-refractivity contribution is 7.19. The number of benzene rings is 5. The Morgan fingerprint density at radius 3 is 1.40 bits per heavy atom. The molecule has 0 atom stereocenters. The SMILES string of the molecule is CCOC(=O)c1ccc(N)cc1.Nc1ccc(N)c2ccccc12.Nc1ccc(N)c2ccccc12.Nc1ccc(N2CCCC2)s1. The first-order chi connectivity index (χ1) is 22.7. The summed E-state index contributed by atoms with van der Waals surface area (Å²) in [6.07, 6.45) is 2.66. The summed E-state index contributed by atoms with van der Waals surface area (Å²) in [4.78, 5) is 13.5. The first kappa shape index (κ1) is 34.3. The zero-order valence-electron chi connectivity index (χ0n) is 26.6. The van der Waals surface area contributed by atoms with Crippen LogP contribution in [0.25, 0.3) is 21.5 Å². The fraction of sp³-hybridized carbons (Fsp3) is 0.162. The van der Waals surface area contributed by atoms with Gasteiger partial charge >= 0.3 is 5.97 Å². The lowest BCUT2D eigenvalue weighted by Gasteiger charge is -2.13. The molecule has 0 amide bonds. The minimum atomic E-state index is -0.308. The summed E-state index contributed by atoms with van der Waals surface area (Å²) in [7, 11) is 0. The smallest absolute Gasteiger partial charge is 0.338 e. The van der Waals surface area contributed by atoms with Crippen molar-refractivity contribution in [1.82, 2.24) is 0 Å². The molecule has 5 aromatic carbocycles. The minimum absolute atomic E-state index is 0.308. The van der Waals surface area contributed by atoms with Crippen molar-refractivity contribution in [3.63, 3.8) is 0 Å². The Balaban J connectivity index is 0.000000142. The molecular weight excluding hydrogens is 607 g/mol. The maximum Gasteiger partial charge on any atom is 0.338 e. The molecule has 6 aromatic rings. The molecule has 10 heteroatoms. The number of carbonyl (C=O) groups excluding carboxylic acids is 1. The van der Waals surface area contributed by atoms with Gasteiger partial charge in [0.25, 0.3) is 0 Å². The summed E-state index contributed by atoms with van der Waals surface area (Å²) in [5, 5.41) is 6.36. The van der Waals surface area contributed by atoms with E-state index in [1.165, 1.54) is 30.9 Å². The van der Waals surface area contributed by atoms with E-state index in [2.05, 4.69) is 11.0 Å². The monoisotopic (exact) mass is 649 g/mol. The third-order valence-corrected chi connectivity index (χ3v) is 8.41. The number of nitrogens with zero attached hydrogens (tertiary/aromatic N) is 1. The molecule has 1 aromatic heterocycles. The lowest BCUT2D eigenvalue weighted by atomic mass is 10.1. The predicted octanol–water partition coefficient (Wildman–Crippen LogP) is 7.38. The maximum atomic E-state index is 11.1. The molecule has 0 aliphatic carbocycles. The molecule has 1 fully saturated rings. The van der Waals surface area contributed by atoms with Crippen LogP contribution >= 0.6 is 11.3 Å². The highest BCUT2D eigenvalue weighted by Crippen LogP contribution is 2.30. The largest absolute Gasteiger partial charge is 0.462 e. The molecule has 0 unspecified atom stereocenters. The second-order valence-corrected chi connectivity index (χ2v) is 11.9. The average Bonchev–Trinajstić information content (AvgIpc) is 3.79. The molecule has 0 bridgehead atoms. The highest BCUT2D eigenvalue weighted by atomic mass is 32.1. The molecule has 0 saturated carbocycles. The molecule has 12 N–H and O–H groups in total. The number of nitrogens with two attached hydrogens (primary N) is 6. The Hall–Kier alpha value is -5.61. The van der Waals surface area contributed by atoms with Gasteiger partial charge in [0.2, 0.25) is 0 Å². The normalized spacial score (nSPS) is 11.8. The maximum absolute atomic E-state index is 11.1. The zero-order chi connectivity index (χ0) is 33.8. The summed E-state index contributed by atoms with van der Waals surface area (Å²) in [5.41, 5.74) is 38.5. The van der Waals surface area contributed by atoms with Crippen molar-refractivity contribution in [2.24, 2.45) is 0 Å². The van der Waals surface area contributed by atoms with Crippen molar-refractivity contribution in [2.45, 2.75) is 19.8 Å². The van der Waals surface area contributed by atoms with Crippen LogP contribution in [0.1, 0.15) is 30.1 Å². The van der Waals surface area contributed by atoms with E-state index in [0.29, 0.717) is 17.9 Å². The highest BCUT2D eigenvalue weighted by Gasteiger charge is 2.13. The number of fused-ring (bicyclic) bond motifs is 2. The van der Waals surface area contributed by atoms with Crippen LogP contribution in [0.5, 0.6) is 0 Å². The van der Waals surface area contributed by atoms with E-state index in [4.69, 9.17) is 39.1 Å². The number of hydrogen-bond acceptors (Lipinski definition) is 10. The molecule has 0 spiro atoms. The Kier molecular flexibility index (Phi) is 12.1. The third kappa shape index (κ3) is 9.44. The molecule has 9 nitrogen and oxygen atoms in total. The topological polar surface area (TPSA) is 186 Å². The molecular formula is C37H43N7O2S. The van der Waals surface area contributed by atoms with Crippen LogP contribution in [0, 0.1) is 0 Å². The summed E-state index contributed by atoms with van der Waals surface area (Å²) in [6.45, 7) is 4.58. The van der Waals surface area contributed by atoms with Crippen molar-refractivity contribution in [3.8, 4) is 0 Å². The van der Waals surface area contributed by atoms with Crippen molar-refractivity contribution >= 4 is 77.3 Å². The standard InChI is InChI=1S/2C10H10N2.C9H11NO2.C8H12N2S/c2*11-9-5-6-10(12)8-4-2-1-3-7(8)9;1-2-12-9(11)7-3-5-8(10)6-4-7;9-7-3-4-8(11-7)10-5-1-2-6-10/h2*1-6H,11-12H2;3-6H,2,10H2,1H3;3-4H,1-2,5-6,9H2. The second kappa shape index (κ2) is 16.6. The van der Waals surface area contributed by atoms with Crippen LogP contribution in [-0.4, -0.2) is 25.7 Å². The second-order valence-electron chi connectivity index (χ2n) is 10.8. The Morgan fingerprint density at radius 2 is 1.04 bits per heavy atom. The minimum Gasteiger partial charge on any atom is -0.462 e. The van der Waals surface area contributed by atoms with Crippen LogP contribution in [0.4, 0.5) is 38.4 Å². The fourth-order valence-corrected chi connectivity index (χ4v) is 5.80. The Bertz CT molecular complexity index is 1740. The van der Waals surface area contributed by atoms with Gasteiger partial charge in [0.15, 0.2) is 0 Å². The number of rotatable bonds is 3. The molecule has 2 heterocycles. The van der Waals surface area contributed by atoms with Gasteiger partial charge in [-0.1, -0.05) is 48.5 Å². The quantitative estimate of drug-likeness (QED) is 0.0840. The number of anilines is 7. The van der Waals surface area contributed by atoms with E-state index in [0.717, 1.165) is 49.3 Å². The summed E-state index contributed by atoms with van der Waals surface area (Å²) in [5.74, 6) is -0.308. The van der Waals surface area contributed by atoms with Crippen LogP contribution < -0.4 is 39.3 Å². The molecule has 47 heavy (non-hydrogen) atoms. The van der Waals surface area contributed by atoms with E-state index in [-0.39, 0.29) is 5.97 Å². The average molecular weight is 650 g/mol. The molecule has 244 valence electrons. The van der Waals surface area contributed by atoms with E-state index < -0.39 is 0 Å². The first-order valence-corrected chi connectivity index (χ1v) is 16.2. The number of thiophene rings is 1. The predicted molar refractivity (Wildman–Crippen MR) is 203 cm³/mol. The van der Waals surface area contributed by atoms with Crippen LogP contribution in [0.15, 0.2) is 109 Å². The first-order valence-electron chi connectivity index (χ1n) is 15.4. The molecule has 7 rings (SSSR count). The number of esters is 1. The van der Waals surface area contributed by atoms with E-state index in [1.54, 1.807) is 42.5 Å². The Morgan fingerprint density at radius 1 is 0.617 bits per heavy atom.